The van der Waals surface area contributed by atoms with Gasteiger partial charge in [0.05, 0.1) is 18.8 Å². The molecule has 2 aromatic rings. The topological polar surface area (TPSA) is 55.8 Å². The Morgan fingerprint density at radius 3 is 2.58 bits per heavy atom. The summed E-state index contributed by atoms with van der Waals surface area (Å²) in [5, 5.41) is 1.85. The number of carbonyl (C=O) groups excluding carboxylic acids is 2. The predicted molar refractivity (Wildman–Crippen MR) is 96.9 cm³/mol. The Morgan fingerprint density at radius 1 is 1.19 bits per heavy atom. The maximum Gasteiger partial charge on any atom is 0.340 e. The Kier molecular flexibility index (Phi) is 6.14. The molecule has 1 amide bonds. The average molecular weight is 375 g/mol. The summed E-state index contributed by atoms with van der Waals surface area (Å²) in [6.45, 7) is 1.67. The number of nitrogens with zero attached hydrogens (tertiary/aromatic N) is 1. The molecule has 1 fully saturated rings. The predicted octanol–water partition coefficient (Wildman–Crippen LogP) is 2.83. The van der Waals surface area contributed by atoms with Crippen LogP contribution >= 0.6 is 11.3 Å². The monoisotopic (exact) mass is 375 g/mol. The Morgan fingerprint density at radius 2 is 1.92 bits per heavy atom. The minimum absolute atomic E-state index is 0.242. The Bertz CT molecular complexity index is 780. The molecular weight excluding hydrogens is 357 g/mol. The maximum atomic E-state index is 13.1. The van der Waals surface area contributed by atoms with Crippen LogP contribution in [0.4, 0.5) is 4.39 Å². The van der Waals surface area contributed by atoms with Crippen molar-refractivity contribution in [3.8, 4) is 0 Å². The number of ether oxygens (including phenoxy) is 2. The minimum Gasteiger partial charge on any atom is -0.452 e. The summed E-state index contributed by atoms with van der Waals surface area (Å²) in [4.78, 5) is 27.0. The van der Waals surface area contributed by atoms with Gasteiger partial charge in [0.25, 0.3) is 5.91 Å². The molecule has 0 radical (unpaired) electrons. The summed E-state index contributed by atoms with van der Waals surface area (Å²) in [5.74, 6) is -1.18. The normalized spacial score (nSPS) is 15.0. The van der Waals surface area contributed by atoms with Crippen LogP contribution in [0.5, 0.6) is 0 Å². The van der Waals surface area contributed by atoms with E-state index in [1.807, 2.05) is 11.4 Å². The van der Waals surface area contributed by atoms with Crippen LogP contribution in [-0.2, 0) is 19.1 Å². The highest BCUT2D eigenvalue weighted by molar-refractivity contribution is 7.11. The number of halogens is 1. The van der Waals surface area contributed by atoms with Gasteiger partial charge in [-0.2, -0.15) is 0 Å². The lowest BCUT2D eigenvalue weighted by Crippen LogP contribution is -2.42. The highest BCUT2D eigenvalue weighted by Crippen LogP contribution is 2.24. The van der Waals surface area contributed by atoms with Gasteiger partial charge in [0.15, 0.2) is 6.61 Å². The molecule has 0 N–H and O–H groups in total. The van der Waals surface area contributed by atoms with Crippen molar-refractivity contribution in [3.63, 3.8) is 0 Å². The molecule has 2 heterocycles. The lowest BCUT2D eigenvalue weighted by atomic mass is 10.1. The number of benzene rings is 1. The first-order valence-corrected chi connectivity index (χ1v) is 9.05. The third-order valence-corrected chi connectivity index (χ3v) is 4.78. The fourth-order valence-corrected chi connectivity index (χ4v) is 3.23. The van der Waals surface area contributed by atoms with Crippen LogP contribution in [0.15, 0.2) is 41.8 Å². The molecule has 3 rings (SSSR count). The standard InChI is InChI=1S/C19H18FNO4S/c20-15-5-3-14(4-6-15)12-16(17-2-1-11-26-17)19(23)25-13-18(22)21-7-9-24-10-8-21/h1-6,11-12H,7-10,13H2. The molecule has 26 heavy (non-hydrogen) atoms. The Labute approximate surface area is 154 Å². The van der Waals surface area contributed by atoms with E-state index in [2.05, 4.69) is 0 Å². The first-order chi connectivity index (χ1) is 12.6. The molecule has 1 aliphatic heterocycles. The molecule has 1 aliphatic rings. The van der Waals surface area contributed by atoms with Gasteiger partial charge in [-0.15, -0.1) is 11.3 Å². The summed E-state index contributed by atoms with van der Waals surface area (Å²) >= 11 is 1.39. The summed E-state index contributed by atoms with van der Waals surface area (Å²) < 4.78 is 23.5. The van der Waals surface area contributed by atoms with E-state index in [1.54, 1.807) is 29.2 Å². The zero-order valence-electron chi connectivity index (χ0n) is 14.0. The number of carbonyl (C=O) groups is 2. The molecule has 1 aromatic carbocycles. The quantitative estimate of drug-likeness (QED) is 0.596. The fourth-order valence-electron chi connectivity index (χ4n) is 2.50. The van der Waals surface area contributed by atoms with Crippen molar-refractivity contribution >= 4 is 34.9 Å². The van der Waals surface area contributed by atoms with Crippen molar-refractivity contribution in [1.29, 1.82) is 0 Å². The van der Waals surface area contributed by atoms with Crippen molar-refractivity contribution in [2.75, 3.05) is 32.9 Å². The zero-order chi connectivity index (χ0) is 18.4. The summed E-state index contributed by atoms with van der Waals surface area (Å²) in [6.07, 6.45) is 1.63. The molecule has 0 aliphatic carbocycles. The maximum absolute atomic E-state index is 13.1. The zero-order valence-corrected chi connectivity index (χ0v) is 14.8. The van der Waals surface area contributed by atoms with Crippen LogP contribution in [0.25, 0.3) is 11.6 Å². The van der Waals surface area contributed by atoms with Crippen molar-refractivity contribution < 1.29 is 23.5 Å². The number of amides is 1. The van der Waals surface area contributed by atoms with Crippen LogP contribution in [0, 0.1) is 5.82 Å². The third-order valence-electron chi connectivity index (χ3n) is 3.88. The van der Waals surface area contributed by atoms with Crippen LogP contribution in [-0.4, -0.2) is 49.7 Å². The number of hydrogen-bond acceptors (Lipinski definition) is 5. The first kappa shape index (κ1) is 18.3. The van der Waals surface area contributed by atoms with Gasteiger partial charge in [0.1, 0.15) is 5.82 Å². The van der Waals surface area contributed by atoms with Gasteiger partial charge in [-0.25, -0.2) is 9.18 Å². The largest absolute Gasteiger partial charge is 0.452 e. The van der Waals surface area contributed by atoms with Gasteiger partial charge >= 0.3 is 5.97 Å². The van der Waals surface area contributed by atoms with Crippen molar-refractivity contribution in [3.05, 3.63) is 58.0 Å². The molecule has 0 spiro atoms. The second-order valence-electron chi connectivity index (χ2n) is 5.66. The van der Waals surface area contributed by atoms with Crippen LogP contribution in [0.1, 0.15) is 10.4 Å². The lowest BCUT2D eigenvalue weighted by Gasteiger charge is -2.26. The van der Waals surface area contributed by atoms with Crippen molar-refractivity contribution in [1.82, 2.24) is 4.90 Å². The second kappa shape index (κ2) is 8.73. The molecule has 0 bridgehead atoms. The molecule has 7 heteroatoms. The third kappa shape index (κ3) is 4.77. The molecule has 1 saturated heterocycles. The van der Waals surface area contributed by atoms with Gasteiger partial charge in [-0.3, -0.25) is 4.79 Å². The highest BCUT2D eigenvalue weighted by Gasteiger charge is 2.20. The molecule has 0 saturated carbocycles. The minimum atomic E-state index is -0.585. The SMILES string of the molecule is O=C(OCC(=O)N1CCOCC1)C(=Cc1ccc(F)cc1)c1cccs1. The smallest absolute Gasteiger partial charge is 0.340 e. The van der Waals surface area contributed by atoms with Crippen molar-refractivity contribution in [2.45, 2.75) is 0 Å². The number of thiophene rings is 1. The molecule has 1 aromatic heterocycles. The number of esters is 1. The van der Waals surface area contributed by atoms with Gasteiger partial charge in [0.2, 0.25) is 0 Å². The number of hydrogen-bond donors (Lipinski definition) is 0. The first-order valence-electron chi connectivity index (χ1n) is 8.17. The van der Waals surface area contributed by atoms with Crippen molar-refractivity contribution in [2.24, 2.45) is 0 Å². The van der Waals surface area contributed by atoms with Crippen LogP contribution < -0.4 is 0 Å². The van der Waals surface area contributed by atoms with Gasteiger partial charge in [-0.05, 0) is 35.2 Å². The second-order valence-corrected chi connectivity index (χ2v) is 6.60. The van der Waals surface area contributed by atoms with E-state index < -0.39 is 5.97 Å². The van der Waals surface area contributed by atoms with E-state index in [0.717, 1.165) is 4.88 Å². The molecule has 0 unspecified atom stereocenters. The molecule has 136 valence electrons. The number of morpholine rings is 1. The van der Waals surface area contributed by atoms with Gasteiger partial charge in [-0.1, -0.05) is 18.2 Å². The van der Waals surface area contributed by atoms with E-state index in [9.17, 15) is 14.0 Å². The van der Waals surface area contributed by atoms with Gasteiger partial charge in [0, 0.05) is 18.0 Å². The van der Waals surface area contributed by atoms with E-state index >= 15 is 0 Å². The average Bonchev–Trinajstić information content (AvgIpc) is 3.20. The highest BCUT2D eigenvalue weighted by atomic mass is 32.1. The summed E-state index contributed by atoms with van der Waals surface area (Å²) in [7, 11) is 0. The Balaban J connectivity index is 1.71. The molecular formula is C19H18FNO4S. The molecule has 0 atom stereocenters. The van der Waals surface area contributed by atoms with E-state index in [0.29, 0.717) is 37.4 Å². The van der Waals surface area contributed by atoms with E-state index in [-0.39, 0.29) is 18.3 Å². The molecule has 5 nitrogen and oxygen atoms in total. The van der Waals surface area contributed by atoms with Crippen LogP contribution in [0.2, 0.25) is 0 Å². The number of rotatable bonds is 5. The fraction of sp³-hybridized carbons (Fsp3) is 0.263. The summed E-state index contributed by atoms with van der Waals surface area (Å²) in [5.41, 5.74) is 1.01. The van der Waals surface area contributed by atoms with E-state index in [4.69, 9.17) is 9.47 Å². The Hall–Kier alpha value is -2.51. The van der Waals surface area contributed by atoms with Crippen LogP contribution in [0.3, 0.4) is 0 Å². The summed E-state index contributed by atoms with van der Waals surface area (Å²) in [6, 6.07) is 9.43. The van der Waals surface area contributed by atoms with Gasteiger partial charge < -0.3 is 14.4 Å². The van der Waals surface area contributed by atoms with E-state index in [1.165, 1.54) is 23.5 Å². The lowest BCUT2D eigenvalue weighted by molar-refractivity contribution is -0.149.